The Kier molecular flexibility index (Phi) is 7.37. The molecule has 2 amide bonds. The molecule has 0 aliphatic rings. The molecule has 0 aliphatic heterocycles. The standard InChI is InChI=1S/C21H27N3O3/c1-5-27-18-14-10-9-13-17(18)22-21(26)20(16-11-7-6-8-12-16)24(4)15-19(25)23(2)3/h6-14,20H,5,15H2,1-4H3,(H,22,26). The van der Waals surface area contributed by atoms with Crippen molar-refractivity contribution < 1.29 is 14.3 Å². The molecular formula is C21H27N3O3. The zero-order valence-corrected chi connectivity index (χ0v) is 16.3. The molecule has 144 valence electrons. The van der Waals surface area contributed by atoms with Gasteiger partial charge in [-0.3, -0.25) is 14.5 Å². The van der Waals surface area contributed by atoms with E-state index in [-0.39, 0.29) is 18.4 Å². The van der Waals surface area contributed by atoms with E-state index in [0.29, 0.717) is 18.0 Å². The van der Waals surface area contributed by atoms with Gasteiger partial charge in [-0.25, -0.2) is 0 Å². The third-order valence-corrected chi connectivity index (χ3v) is 4.13. The first-order valence-corrected chi connectivity index (χ1v) is 8.92. The van der Waals surface area contributed by atoms with Crippen LogP contribution in [0.15, 0.2) is 54.6 Å². The second-order valence-electron chi connectivity index (χ2n) is 6.43. The Labute approximate surface area is 160 Å². The molecule has 0 spiro atoms. The number of carbonyl (C=O) groups excluding carboxylic acids is 2. The lowest BCUT2D eigenvalue weighted by atomic mass is 10.0. The zero-order valence-electron chi connectivity index (χ0n) is 16.3. The van der Waals surface area contributed by atoms with Gasteiger partial charge in [0, 0.05) is 14.1 Å². The Bertz CT molecular complexity index is 762. The van der Waals surface area contributed by atoms with Gasteiger partial charge < -0.3 is 15.0 Å². The summed E-state index contributed by atoms with van der Waals surface area (Å²) in [5.41, 5.74) is 1.43. The van der Waals surface area contributed by atoms with E-state index >= 15 is 0 Å². The third kappa shape index (κ3) is 5.56. The van der Waals surface area contributed by atoms with Crippen molar-refractivity contribution in [3.05, 3.63) is 60.2 Å². The maximum Gasteiger partial charge on any atom is 0.246 e. The van der Waals surface area contributed by atoms with Crippen LogP contribution in [0.4, 0.5) is 5.69 Å². The Balaban J connectivity index is 2.28. The molecule has 0 aromatic heterocycles. The maximum absolute atomic E-state index is 13.1. The zero-order chi connectivity index (χ0) is 19.8. The summed E-state index contributed by atoms with van der Waals surface area (Å²) < 4.78 is 5.59. The van der Waals surface area contributed by atoms with Crippen molar-refractivity contribution in [3.8, 4) is 5.75 Å². The Hall–Kier alpha value is -2.86. The molecule has 1 atom stereocenters. The lowest BCUT2D eigenvalue weighted by Gasteiger charge is -2.28. The molecule has 0 aliphatic carbocycles. The number of anilines is 1. The summed E-state index contributed by atoms with van der Waals surface area (Å²) >= 11 is 0. The number of amides is 2. The van der Waals surface area contributed by atoms with Crippen molar-refractivity contribution in [2.24, 2.45) is 0 Å². The quantitative estimate of drug-likeness (QED) is 0.777. The van der Waals surface area contributed by atoms with Crippen molar-refractivity contribution in [1.29, 1.82) is 0 Å². The van der Waals surface area contributed by atoms with E-state index in [9.17, 15) is 9.59 Å². The molecule has 0 bridgehead atoms. The number of ether oxygens (including phenoxy) is 1. The molecule has 0 saturated carbocycles. The van der Waals surface area contributed by atoms with Crippen LogP contribution in [0.1, 0.15) is 18.5 Å². The Morgan fingerprint density at radius 1 is 1.00 bits per heavy atom. The summed E-state index contributed by atoms with van der Waals surface area (Å²) in [4.78, 5) is 28.5. The van der Waals surface area contributed by atoms with Crippen LogP contribution < -0.4 is 10.1 Å². The van der Waals surface area contributed by atoms with Crippen molar-refractivity contribution >= 4 is 17.5 Å². The van der Waals surface area contributed by atoms with Crippen LogP contribution >= 0.6 is 0 Å². The molecule has 27 heavy (non-hydrogen) atoms. The largest absolute Gasteiger partial charge is 0.492 e. The first-order chi connectivity index (χ1) is 12.9. The third-order valence-electron chi connectivity index (χ3n) is 4.13. The highest BCUT2D eigenvalue weighted by atomic mass is 16.5. The molecule has 2 aromatic carbocycles. The molecular weight excluding hydrogens is 342 g/mol. The van der Waals surface area contributed by atoms with Gasteiger partial charge in [-0.2, -0.15) is 0 Å². The fraction of sp³-hybridized carbons (Fsp3) is 0.333. The van der Waals surface area contributed by atoms with E-state index in [4.69, 9.17) is 4.74 Å². The van der Waals surface area contributed by atoms with E-state index in [1.807, 2.05) is 55.5 Å². The second kappa shape index (κ2) is 9.73. The van der Waals surface area contributed by atoms with Crippen LogP contribution in [-0.4, -0.2) is 55.9 Å². The molecule has 0 radical (unpaired) electrons. The molecule has 6 nitrogen and oxygen atoms in total. The van der Waals surface area contributed by atoms with Gasteiger partial charge in [0.25, 0.3) is 0 Å². The number of nitrogens with one attached hydrogen (secondary N) is 1. The van der Waals surface area contributed by atoms with E-state index < -0.39 is 6.04 Å². The van der Waals surface area contributed by atoms with Crippen LogP contribution in [0.5, 0.6) is 5.75 Å². The van der Waals surface area contributed by atoms with Crippen LogP contribution in [-0.2, 0) is 9.59 Å². The number of hydrogen-bond acceptors (Lipinski definition) is 4. The summed E-state index contributed by atoms with van der Waals surface area (Å²) in [6, 6.07) is 16.1. The van der Waals surface area contributed by atoms with Crippen LogP contribution in [0, 0.1) is 0 Å². The molecule has 0 fully saturated rings. The van der Waals surface area contributed by atoms with E-state index in [1.165, 1.54) is 4.90 Å². The average molecular weight is 369 g/mol. The van der Waals surface area contributed by atoms with Gasteiger partial charge in [0.1, 0.15) is 11.8 Å². The van der Waals surface area contributed by atoms with E-state index in [0.717, 1.165) is 5.56 Å². The van der Waals surface area contributed by atoms with Gasteiger partial charge in [0.15, 0.2) is 0 Å². The van der Waals surface area contributed by atoms with Crippen molar-refractivity contribution in [3.63, 3.8) is 0 Å². The number of benzene rings is 2. The fourth-order valence-corrected chi connectivity index (χ4v) is 2.74. The molecule has 1 N–H and O–H groups in total. The molecule has 6 heteroatoms. The topological polar surface area (TPSA) is 61.9 Å². The Morgan fingerprint density at radius 3 is 2.26 bits per heavy atom. The number of likely N-dealkylation sites (N-methyl/N-ethyl adjacent to an activating group) is 2. The van der Waals surface area contributed by atoms with Gasteiger partial charge in [0.05, 0.1) is 18.8 Å². The van der Waals surface area contributed by atoms with Gasteiger partial charge in [-0.15, -0.1) is 0 Å². The van der Waals surface area contributed by atoms with Crippen LogP contribution in [0.2, 0.25) is 0 Å². The number of para-hydroxylation sites is 2. The molecule has 1 unspecified atom stereocenters. The highest BCUT2D eigenvalue weighted by Gasteiger charge is 2.27. The Morgan fingerprint density at radius 2 is 1.63 bits per heavy atom. The van der Waals surface area contributed by atoms with Gasteiger partial charge in [0.2, 0.25) is 11.8 Å². The monoisotopic (exact) mass is 369 g/mol. The van der Waals surface area contributed by atoms with Crippen LogP contribution in [0.25, 0.3) is 0 Å². The molecule has 0 heterocycles. The van der Waals surface area contributed by atoms with Gasteiger partial charge in [-0.05, 0) is 31.7 Å². The van der Waals surface area contributed by atoms with Gasteiger partial charge in [-0.1, -0.05) is 42.5 Å². The SMILES string of the molecule is CCOc1ccccc1NC(=O)C(c1ccccc1)N(C)CC(=O)N(C)C. The predicted molar refractivity (Wildman–Crippen MR) is 107 cm³/mol. The lowest BCUT2D eigenvalue weighted by molar-refractivity contribution is -0.131. The summed E-state index contributed by atoms with van der Waals surface area (Å²) in [5.74, 6) is 0.329. The highest BCUT2D eigenvalue weighted by molar-refractivity contribution is 5.97. The second-order valence-corrected chi connectivity index (χ2v) is 6.43. The summed E-state index contributed by atoms with van der Waals surface area (Å²) in [6.45, 7) is 2.53. The first kappa shape index (κ1) is 20.5. The summed E-state index contributed by atoms with van der Waals surface area (Å²) in [6.07, 6.45) is 0. The number of nitrogens with zero attached hydrogens (tertiary/aromatic N) is 2. The minimum absolute atomic E-state index is 0.0686. The van der Waals surface area contributed by atoms with Crippen molar-refractivity contribution in [1.82, 2.24) is 9.80 Å². The lowest BCUT2D eigenvalue weighted by Crippen LogP contribution is -2.41. The normalized spacial score (nSPS) is 11.7. The predicted octanol–water partition coefficient (Wildman–Crippen LogP) is 2.79. The van der Waals surface area contributed by atoms with Crippen molar-refractivity contribution in [2.75, 3.05) is 39.6 Å². The minimum Gasteiger partial charge on any atom is -0.492 e. The van der Waals surface area contributed by atoms with Crippen molar-refractivity contribution in [2.45, 2.75) is 13.0 Å². The average Bonchev–Trinajstić information content (AvgIpc) is 2.64. The maximum atomic E-state index is 13.1. The van der Waals surface area contributed by atoms with E-state index in [2.05, 4.69) is 5.32 Å². The molecule has 2 aromatic rings. The molecule has 2 rings (SSSR count). The summed E-state index contributed by atoms with van der Waals surface area (Å²) in [7, 11) is 5.17. The molecule has 0 saturated heterocycles. The number of hydrogen-bond donors (Lipinski definition) is 1. The fourth-order valence-electron chi connectivity index (χ4n) is 2.74. The van der Waals surface area contributed by atoms with E-state index in [1.54, 1.807) is 32.1 Å². The van der Waals surface area contributed by atoms with Crippen LogP contribution in [0.3, 0.4) is 0 Å². The number of carbonyl (C=O) groups is 2. The highest BCUT2D eigenvalue weighted by Crippen LogP contribution is 2.27. The number of rotatable bonds is 8. The smallest absolute Gasteiger partial charge is 0.246 e. The van der Waals surface area contributed by atoms with Gasteiger partial charge >= 0.3 is 0 Å². The summed E-state index contributed by atoms with van der Waals surface area (Å²) in [5, 5.41) is 2.95. The minimum atomic E-state index is -0.607. The first-order valence-electron chi connectivity index (χ1n) is 8.92.